The van der Waals surface area contributed by atoms with E-state index in [-0.39, 0.29) is 0 Å². The number of hydrogen-bond donors (Lipinski definition) is 0. The van der Waals surface area contributed by atoms with Crippen LogP contribution in [0.5, 0.6) is 0 Å². The Morgan fingerprint density at radius 2 is 2.36 bits per heavy atom. The molecule has 2 nitrogen and oxygen atoms in total. The molecule has 1 aromatic rings. The zero-order chi connectivity index (χ0) is 7.84. The molecule has 0 fully saturated rings. The van der Waals surface area contributed by atoms with E-state index in [2.05, 4.69) is 9.55 Å². The van der Waals surface area contributed by atoms with Crippen molar-refractivity contribution in [1.82, 2.24) is 4.98 Å². The lowest BCUT2D eigenvalue weighted by atomic mass is 10.3. The maximum absolute atomic E-state index is 5.92. The van der Waals surface area contributed by atoms with E-state index in [9.17, 15) is 0 Å². The van der Waals surface area contributed by atoms with Crippen LogP contribution < -0.4 is 4.57 Å². The molecule has 0 spiro atoms. The fraction of sp³-hybridized carbons (Fsp3) is 0.500. The molecule has 0 aromatic carbocycles. The van der Waals surface area contributed by atoms with Crippen LogP contribution in [0.25, 0.3) is 0 Å². The Bertz CT molecular complexity index is 267. The fourth-order valence-corrected chi connectivity index (χ4v) is 1.87. The van der Waals surface area contributed by atoms with Crippen LogP contribution in [0.4, 0.5) is 0 Å². The predicted octanol–water partition coefficient (Wildman–Crippen LogP) is 1.05. The second kappa shape index (κ2) is 2.45. The van der Waals surface area contributed by atoms with Gasteiger partial charge in [0.15, 0.2) is 0 Å². The van der Waals surface area contributed by atoms with Gasteiger partial charge in [-0.15, -0.1) is 0 Å². The van der Waals surface area contributed by atoms with Gasteiger partial charge >= 0.3 is 0 Å². The van der Waals surface area contributed by atoms with E-state index in [1.807, 2.05) is 7.05 Å². The van der Waals surface area contributed by atoms with Crippen LogP contribution in [0.15, 0.2) is 6.33 Å². The molecule has 1 aromatic heterocycles. The summed E-state index contributed by atoms with van der Waals surface area (Å²) >= 11 is 5.92. The Morgan fingerprint density at radius 3 is 3.09 bits per heavy atom. The van der Waals surface area contributed by atoms with E-state index in [1.165, 1.54) is 17.7 Å². The van der Waals surface area contributed by atoms with E-state index in [0.717, 1.165) is 12.8 Å². The van der Waals surface area contributed by atoms with Gasteiger partial charge in [0, 0.05) is 6.42 Å². The van der Waals surface area contributed by atoms with Gasteiger partial charge in [0.25, 0.3) is 6.33 Å². The molecule has 3 heteroatoms. The number of fused-ring (bicyclic) bond motifs is 1. The molecule has 58 valence electrons. The van der Waals surface area contributed by atoms with Crippen molar-refractivity contribution in [3.63, 3.8) is 0 Å². The minimum Gasteiger partial charge on any atom is -0.237 e. The average Bonchev–Trinajstić information content (AvgIpc) is 2.45. The minimum absolute atomic E-state index is 0.690. The summed E-state index contributed by atoms with van der Waals surface area (Å²) in [5, 5.41) is 0.690. The fourth-order valence-electron chi connectivity index (χ4n) is 1.62. The monoisotopic (exact) mass is 169 g/mol. The van der Waals surface area contributed by atoms with E-state index in [1.54, 1.807) is 6.33 Å². The molecular formula is C8H10ClN2+. The van der Waals surface area contributed by atoms with Crippen molar-refractivity contribution >= 4 is 11.6 Å². The van der Waals surface area contributed by atoms with E-state index in [0.29, 0.717) is 5.15 Å². The third-order valence-electron chi connectivity index (χ3n) is 2.21. The highest BCUT2D eigenvalue weighted by Crippen LogP contribution is 2.23. The second-order valence-electron chi connectivity index (χ2n) is 2.93. The largest absolute Gasteiger partial charge is 0.288 e. The van der Waals surface area contributed by atoms with Gasteiger partial charge in [0.1, 0.15) is 5.69 Å². The van der Waals surface area contributed by atoms with Crippen LogP contribution in [0.2, 0.25) is 5.15 Å². The molecule has 0 aliphatic heterocycles. The Hall–Kier alpha value is -0.630. The van der Waals surface area contributed by atoms with Gasteiger partial charge in [0.05, 0.1) is 12.6 Å². The molecule has 1 aliphatic carbocycles. The quantitative estimate of drug-likeness (QED) is 0.419. The summed E-state index contributed by atoms with van der Waals surface area (Å²) in [7, 11) is 2.02. The van der Waals surface area contributed by atoms with E-state index >= 15 is 0 Å². The predicted molar refractivity (Wildman–Crippen MR) is 42.4 cm³/mol. The van der Waals surface area contributed by atoms with Gasteiger partial charge in [-0.25, -0.2) is 4.57 Å². The van der Waals surface area contributed by atoms with Crippen LogP contribution in [0.3, 0.4) is 0 Å². The van der Waals surface area contributed by atoms with Crippen molar-refractivity contribution in [1.29, 1.82) is 0 Å². The molecule has 0 atom stereocenters. The molecule has 0 saturated carbocycles. The number of nitrogens with zero attached hydrogens (tertiary/aromatic N) is 2. The van der Waals surface area contributed by atoms with Gasteiger partial charge < -0.3 is 0 Å². The summed E-state index contributed by atoms with van der Waals surface area (Å²) in [6.45, 7) is 0. The van der Waals surface area contributed by atoms with Crippen LogP contribution in [0, 0.1) is 0 Å². The van der Waals surface area contributed by atoms with Crippen molar-refractivity contribution in [2.45, 2.75) is 19.3 Å². The Labute approximate surface area is 70.8 Å². The standard InChI is InChI=1S/C8H10ClN2/c1-11-5-10-8(9)6-3-2-4-7(6)11/h5H,2-4H2,1H3/q+1. The number of hydrogen-bond acceptors (Lipinski definition) is 1. The summed E-state index contributed by atoms with van der Waals surface area (Å²) in [6.07, 6.45) is 5.24. The normalized spacial score (nSPS) is 15.1. The van der Waals surface area contributed by atoms with Crippen molar-refractivity contribution in [3.8, 4) is 0 Å². The highest BCUT2D eigenvalue weighted by molar-refractivity contribution is 6.30. The van der Waals surface area contributed by atoms with Crippen molar-refractivity contribution < 1.29 is 4.57 Å². The molecule has 2 rings (SSSR count). The molecule has 0 saturated heterocycles. The van der Waals surface area contributed by atoms with Crippen molar-refractivity contribution in [3.05, 3.63) is 22.7 Å². The highest BCUT2D eigenvalue weighted by Gasteiger charge is 2.22. The smallest absolute Gasteiger partial charge is 0.237 e. The third kappa shape index (κ3) is 1.02. The Morgan fingerprint density at radius 1 is 1.55 bits per heavy atom. The Kier molecular flexibility index (Phi) is 1.57. The maximum atomic E-state index is 5.92. The summed E-state index contributed by atoms with van der Waals surface area (Å²) in [4.78, 5) is 4.08. The van der Waals surface area contributed by atoms with Gasteiger partial charge in [-0.1, -0.05) is 0 Å². The lowest BCUT2D eigenvalue weighted by Crippen LogP contribution is -2.33. The molecule has 1 aliphatic rings. The average molecular weight is 170 g/mol. The Balaban J connectivity index is 2.64. The number of aromatic nitrogens is 2. The first-order valence-corrected chi connectivity index (χ1v) is 4.18. The summed E-state index contributed by atoms with van der Waals surface area (Å²) in [5.41, 5.74) is 2.60. The van der Waals surface area contributed by atoms with Crippen LogP contribution in [-0.4, -0.2) is 4.98 Å². The van der Waals surface area contributed by atoms with E-state index < -0.39 is 0 Å². The molecule has 0 N–H and O–H groups in total. The van der Waals surface area contributed by atoms with Gasteiger partial charge in [-0.3, -0.25) is 0 Å². The number of aryl methyl sites for hydroxylation is 1. The molecule has 1 heterocycles. The van der Waals surface area contributed by atoms with Crippen molar-refractivity contribution in [2.24, 2.45) is 7.05 Å². The zero-order valence-electron chi connectivity index (χ0n) is 6.47. The van der Waals surface area contributed by atoms with E-state index in [4.69, 9.17) is 11.6 Å². The molecular weight excluding hydrogens is 160 g/mol. The van der Waals surface area contributed by atoms with Gasteiger partial charge in [-0.2, -0.15) is 0 Å². The molecule has 0 unspecified atom stereocenters. The first-order valence-electron chi connectivity index (χ1n) is 3.81. The molecule has 0 radical (unpaired) electrons. The van der Waals surface area contributed by atoms with Gasteiger partial charge in [0.2, 0.25) is 5.15 Å². The topological polar surface area (TPSA) is 16.8 Å². The zero-order valence-corrected chi connectivity index (χ0v) is 7.23. The van der Waals surface area contributed by atoms with Gasteiger partial charge in [-0.05, 0) is 29.4 Å². The first-order chi connectivity index (χ1) is 5.29. The van der Waals surface area contributed by atoms with Crippen molar-refractivity contribution in [2.75, 3.05) is 0 Å². The van der Waals surface area contributed by atoms with Crippen LogP contribution in [0.1, 0.15) is 17.7 Å². The highest BCUT2D eigenvalue weighted by atomic mass is 35.5. The maximum Gasteiger partial charge on any atom is 0.288 e. The summed E-state index contributed by atoms with van der Waals surface area (Å²) < 4.78 is 2.06. The van der Waals surface area contributed by atoms with Crippen LogP contribution in [-0.2, 0) is 19.9 Å². The number of rotatable bonds is 0. The molecule has 11 heavy (non-hydrogen) atoms. The summed E-state index contributed by atoms with van der Waals surface area (Å²) in [6, 6.07) is 0. The summed E-state index contributed by atoms with van der Waals surface area (Å²) in [5.74, 6) is 0. The third-order valence-corrected chi connectivity index (χ3v) is 2.53. The minimum atomic E-state index is 0.690. The second-order valence-corrected chi connectivity index (χ2v) is 3.28. The number of halogens is 1. The first kappa shape index (κ1) is 7.04. The van der Waals surface area contributed by atoms with Crippen LogP contribution >= 0.6 is 11.6 Å². The molecule has 0 amide bonds. The lowest BCUT2D eigenvalue weighted by Gasteiger charge is -1.97. The molecule has 0 bridgehead atoms. The SMILES string of the molecule is C[n+]1cnc(Cl)c2c1CCC2. The lowest BCUT2D eigenvalue weighted by molar-refractivity contribution is -0.681.